The monoisotopic (exact) mass is 468 g/mol. The minimum Gasteiger partial charge on any atom is -0.391 e. The van der Waals surface area contributed by atoms with Gasteiger partial charge >= 0.3 is 0 Å². The van der Waals surface area contributed by atoms with E-state index >= 15 is 0 Å². The first-order chi connectivity index (χ1) is 16.8. The molecular formula is C31H36N2O2. The quantitative estimate of drug-likeness (QED) is 0.545. The summed E-state index contributed by atoms with van der Waals surface area (Å²) in [4.78, 5) is 13.9. The maximum absolute atomic E-state index is 11.9. The number of hydrogen-bond donors (Lipinski definition) is 2. The molecule has 2 aliphatic rings. The van der Waals surface area contributed by atoms with Crippen LogP contribution in [0.15, 0.2) is 66.3 Å². The summed E-state index contributed by atoms with van der Waals surface area (Å²) < 4.78 is 0. The predicted octanol–water partition coefficient (Wildman–Crippen LogP) is 5.57. The molecule has 1 amide bonds. The van der Waals surface area contributed by atoms with Crippen LogP contribution < -0.4 is 5.73 Å². The number of allylic oxidation sites excluding steroid dienone is 6. The summed E-state index contributed by atoms with van der Waals surface area (Å²) in [5.74, 6) is -0.451. The smallest absolute Gasteiger partial charge is 0.237 e. The number of rotatable bonds is 6. The molecule has 0 bridgehead atoms. The van der Waals surface area contributed by atoms with Crippen molar-refractivity contribution in [2.24, 2.45) is 5.73 Å². The molecule has 4 heteroatoms. The number of aliphatic hydroxyl groups excluding tert-OH is 1. The number of piperidine rings is 1. The number of aliphatic hydroxyl groups is 1. The molecule has 2 aromatic carbocycles. The van der Waals surface area contributed by atoms with Crippen LogP contribution in [0.2, 0.25) is 0 Å². The van der Waals surface area contributed by atoms with Crippen molar-refractivity contribution in [1.82, 2.24) is 4.90 Å². The minimum absolute atomic E-state index is 0.451. The topological polar surface area (TPSA) is 66.6 Å². The lowest BCUT2D eigenvalue weighted by Crippen LogP contribution is -2.54. The highest BCUT2D eigenvalue weighted by atomic mass is 16.3. The van der Waals surface area contributed by atoms with Crippen LogP contribution in [-0.2, 0) is 11.3 Å². The molecule has 0 saturated carbocycles. The van der Waals surface area contributed by atoms with Crippen LogP contribution in [0.5, 0.6) is 0 Å². The van der Waals surface area contributed by atoms with E-state index in [4.69, 9.17) is 5.73 Å². The highest BCUT2D eigenvalue weighted by molar-refractivity contribution is 5.84. The summed E-state index contributed by atoms with van der Waals surface area (Å²) in [6, 6.07) is 12.3. The van der Waals surface area contributed by atoms with Crippen LogP contribution in [0.25, 0.3) is 17.7 Å². The van der Waals surface area contributed by atoms with Crippen LogP contribution in [0.4, 0.5) is 0 Å². The SMILES string of the molecule is CC1=CCC=CC=C1c1cccc(/C=C/c2ccc(CN3CCCC(O)C3C(N)=O)cc2C)c1C. The van der Waals surface area contributed by atoms with Crippen LogP contribution >= 0.6 is 0 Å². The van der Waals surface area contributed by atoms with Gasteiger partial charge in [-0.15, -0.1) is 0 Å². The number of nitrogens with two attached hydrogens (primary N) is 1. The van der Waals surface area contributed by atoms with Gasteiger partial charge in [-0.05, 0) is 91.1 Å². The third-order valence-electron chi connectivity index (χ3n) is 7.21. The van der Waals surface area contributed by atoms with Gasteiger partial charge in [0.25, 0.3) is 0 Å². The summed E-state index contributed by atoms with van der Waals surface area (Å²) in [6.45, 7) is 7.85. The third kappa shape index (κ3) is 5.72. The second-order valence-electron chi connectivity index (χ2n) is 9.70. The van der Waals surface area contributed by atoms with Gasteiger partial charge in [-0.3, -0.25) is 9.69 Å². The van der Waals surface area contributed by atoms with E-state index in [1.54, 1.807) is 0 Å². The summed E-state index contributed by atoms with van der Waals surface area (Å²) in [5, 5.41) is 10.3. The Bertz CT molecular complexity index is 1220. The normalized spacial score (nSPS) is 21.0. The second-order valence-corrected chi connectivity index (χ2v) is 9.70. The molecule has 1 aliphatic heterocycles. The van der Waals surface area contributed by atoms with Crippen molar-refractivity contribution in [2.75, 3.05) is 6.54 Å². The minimum atomic E-state index is -0.687. The zero-order valence-electron chi connectivity index (χ0n) is 21.0. The molecule has 4 nitrogen and oxygen atoms in total. The lowest BCUT2D eigenvalue weighted by atomic mass is 9.91. The number of nitrogens with zero attached hydrogens (tertiary/aromatic N) is 1. The van der Waals surface area contributed by atoms with Crippen molar-refractivity contribution in [2.45, 2.75) is 58.7 Å². The summed E-state index contributed by atoms with van der Waals surface area (Å²) in [5.41, 5.74) is 15.4. The second kappa shape index (κ2) is 11.0. The fraction of sp³-hybridized carbons (Fsp3) is 0.323. The molecule has 2 atom stereocenters. The summed E-state index contributed by atoms with van der Waals surface area (Å²) >= 11 is 0. The van der Waals surface area contributed by atoms with Crippen molar-refractivity contribution in [3.05, 3.63) is 99.7 Å². The number of likely N-dealkylation sites (tertiary alicyclic amines) is 1. The van der Waals surface area contributed by atoms with E-state index in [2.05, 4.69) is 93.6 Å². The summed E-state index contributed by atoms with van der Waals surface area (Å²) in [7, 11) is 0. The van der Waals surface area contributed by atoms with Crippen molar-refractivity contribution in [1.29, 1.82) is 0 Å². The van der Waals surface area contributed by atoms with Crippen LogP contribution in [-0.4, -0.2) is 34.6 Å². The number of carbonyl (C=O) groups excluding carboxylic acids is 1. The molecular weight excluding hydrogens is 432 g/mol. The highest BCUT2D eigenvalue weighted by Crippen LogP contribution is 2.30. The van der Waals surface area contributed by atoms with E-state index < -0.39 is 18.1 Å². The zero-order valence-corrected chi connectivity index (χ0v) is 21.0. The number of amides is 1. The lowest BCUT2D eigenvalue weighted by Gasteiger charge is -2.37. The molecule has 2 aromatic rings. The van der Waals surface area contributed by atoms with Crippen LogP contribution in [0.3, 0.4) is 0 Å². The van der Waals surface area contributed by atoms with Gasteiger partial charge in [0.15, 0.2) is 0 Å². The van der Waals surface area contributed by atoms with Gasteiger partial charge in [0.1, 0.15) is 6.04 Å². The van der Waals surface area contributed by atoms with Crippen LogP contribution in [0, 0.1) is 13.8 Å². The van der Waals surface area contributed by atoms with Gasteiger partial charge in [-0.2, -0.15) is 0 Å². The Morgan fingerprint density at radius 2 is 1.94 bits per heavy atom. The average Bonchev–Trinajstić information content (AvgIpc) is 3.03. The number of carbonyl (C=O) groups is 1. The van der Waals surface area contributed by atoms with Gasteiger partial charge in [-0.25, -0.2) is 0 Å². The number of benzene rings is 2. The van der Waals surface area contributed by atoms with E-state index in [0.717, 1.165) is 30.5 Å². The number of primary amides is 1. The maximum atomic E-state index is 11.9. The Labute approximate surface area is 209 Å². The van der Waals surface area contributed by atoms with E-state index in [0.29, 0.717) is 13.0 Å². The summed E-state index contributed by atoms with van der Waals surface area (Å²) in [6.07, 6.45) is 15.0. The maximum Gasteiger partial charge on any atom is 0.237 e. The molecule has 1 heterocycles. The number of aryl methyl sites for hydroxylation is 1. The highest BCUT2D eigenvalue weighted by Gasteiger charge is 2.34. The Balaban J connectivity index is 1.53. The molecule has 0 aromatic heterocycles. The van der Waals surface area contributed by atoms with Crippen molar-refractivity contribution >= 4 is 23.6 Å². The van der Waals surface area contributed by atoms with Crippen molar-refractivity contribution in [3.63, 3.8) is 0 Å². The van der Waals surface area contributed by atoms with Gasteiger partial charge < -0.3 is 10.8 Å². The Morgan fingerprint density at radius 1 is 1.14 bits per heavy atom. The molecule has 3 N–H and O–H groups in total. The van der Waals surface area contributed by atoms with Gasteiger partial charge in [0, 0.05) is 6.54 Å². The van der Waals surface area contributed by atoms with Gasteiger partial charge in [-0.1, -0.05) is 72.9 Å². The standard InChI is InChI=1S/C31H36N2O2/c1-21-9-5-4-6-11-27(21)28-12-7-10-26(23(28)3)17-16-25-15-14-24(19-22(25)2)20-33-18-8-13-29(34)30(33)31(32)35/h4,6-7,9-12,14-17,19,29-30,34H,5,8,13,18,20H2,1-3H3,(H2,32,35)/b17-16+. The van der Waals surface area contributed by atoms with E-state index in [-0.39, 0.29) is 0 Å². The van der Waals surface area contributed by atoms with Crippen LogP contribution in [0.1, 0.15) is 59.6 Å². The third-order valence-corrected chi connectivity index (χ3v) is 7.21. The molecule has 1 saturated heterocycles. The fourth-order valence-electron chi connectivity index (χ4n) is 5.19. The Morgan fingerprint density at radius 3 is 2.71 bits per heavy atom. The predicted molar refractivity (Wildman–Crippen MR) is 145 cm³/mol. The molecule has 1 aliphatic carbocycles. The Kier molecular flexibility index (Phi) is 7.84. The fourth-order valence-corrected chi connectivity index (χ4v) is 5.19. The molecule has 182 valence electrons. The van der Waals surface area contributed by atoms with Crippen molar-refractivity contribution in [3.8, 4) is 0 Å². The first-order valence-electron chi connectivity index (χ1n) is 12.5. The largest absolute Gasteiger partial charge is 0.391 e. The zero-order chi connectivity index (χ0) is 24.9. The Hall–Kier alpha value is -3.21. The molecule has 0 spiro atoms. The molecule has 4 rings (SSSR count). The first-order valence-corrected chi connectivity index (χ1v) is 12.5. The van der Waals surface area contributed by atoms with E-state index in [9.17, 15) is 9.90 Å². The van der Waals surface area contributed by atoms with Gasteiger partial charge in [0.2, 0.25) is 5.91 Å². The molecule has 1 fully saturated rings. The van der Waals surface area contributed by atoms with Gasteiger partial charge in [0.05, 0.1) is 6.10 Å². The first kappa shape index (κ1) is 24.9. The molecule has 35 heavy (non-hydrogen) atoms. The lowest BCUT2D eigenvalue weighted by molar-refractivity contribution is -0.130. The molecule has 2 unspecified atom stereocenters. The molecule has 0 radical (unpaired) electrons. The number of hydrogen-bond acceptors (Lipinski definition) is 3. The van der Waals surface area contributed by atoms with E-state index in [1.165, 1.54) is 33.4 Å². The van der Waals surface area contributed by atoms with Crippen molar-refractivity contribution < 1.29 is 9.90 Å². The average molecular weight is 469 g/mol. The van der Waals surface area contributed by atoms with E-state index in [1.807, 2.05) is 4.90 Å².